The minimum atomic E-state index is 0.0115. The van der Waals surface area contributed by atoms with Gasteiger partial charge in [0.05, 0.1) is 18.3 Å². The maximum Gasteiger partial charge on any atom is 0.236 e. The number of rotatable bonds is 3. The fourth-order valence-electron chi connectivity index (χ4n) is 2.31. The van der Waals surface area contributed by atoms with Crippen molar-refractivity contribution in [2.24, 2.45) is 0 Å². The summed E-state index contributed by atoms with van der Waals surface area (Å²) in [6.45, 7) is 8.69. The molecule has 0 aromatic carbocycles. The van der Waals surface area contributed by atoms with Crippen molar-refractivity contribution in [1.29, 1.82) is 0 Å². The monoisotopic (exact) mass is 290 g/mol. The molecule has 0 aliphatic carbocycles. The normalized spacial score (nSPS) is 16.7. The molecule has 0 N–H and O–H groups in total. The molecule has 1 aliphatic rings. The Morgan fingerprint density at radius 1 is 1.38 bits per heavy atom. The first-order chi connectivity index (χ1) is 9.77. The molecule has 1 aromatic heterocycles. The van der Waals surface area contributed by atoms with E-state index < -0.39 is 0 Å². The zero-order chi connectivity index (χ0) is 15.6. The van der Waals surface area contributed by atoms with E-state index in [9.17, 15) is 4.79 Å². The van der Waals surface area contributed by atoms with Crippen molar-refractivity contribution >= 4 is 11.5 Å². The van der Waals surface area contributed by atoms with Crippen LogP contribution in [0.4, 0.5) is 0 Å². The molecule has 1 amide bonds. The first-order valence-electron chi connectivity index (χ1n) is 7.44. The summed E-state index contributed by atoms with van der Waals surface area (Å²) in [7, 11) is 3.60. The summed E-state index contributed by atoms with van der Waals surface area (Å²) < 4.78 is 2.01. The van der Waals surface area contributed by atoms with Gasteiger partial charge in [0.1, 0.15) is 0 Å². The molecule has 0 radical (unpaired) electrons. The molecule has 0 atom stereocenters. The lowest BCUT2D eigenvalue weighted by molar-refractivity contribution is -0.129. The predicted octanol–water partition coefficient (Wildman–Crippen LogP) is 1.82. The molecule has 21 heavy (non-hydrogen) atoms. The lowest BCUT2D eigenvalue weighted by Gasteiger charge is -2.26. The van der Waals surface area contributed by atoms with Crippen molar-refractivity contribution in [2.75, 3.05) is 33.7 Å². The highest BCUT2D eigenvalue weighted by atomic mass is 16.2. The Hall–Kier alpha value is -1.62. The first kappa shape index (κ1) is 15.8. The van der Waals surface area contributed by atoms with Crippen LogP contribution in [-0.4, -0.2) is 59.2 Å². The van der Waals surface area contributed by atoms with Gasteiger partial charge in [0, 0.05) is 38.9 Å². The van der Waals surface area contributed by atoms with Crippen LogP contribution >= 0.6 is 0 Å². The number of amides is 1. The summed E-state index contributed by atoms with van der Waals surface area (Å²) in [6, 6.07) is 0. The second-order valence-electron chi connectivity index (χ2n) is 6.85. The van der Waals surface area contributed by atoms with Gasteiger partial charge in [0.25, 0.3) is 0 Å². The van der Waals surface area contributed by atoms with Gasteiger partial charge in [-0.2, -0.15) is 5.10 Å². The third kappa shape index (κ3) is 3.94. The third-order valence-corrected chi connectivity index (χ3v) is 3.79. The number of carbonyl (C=O) groups is 1. The second kappa shape index (κ2) is 6.02. The number of hydrogen-bond acceptors (Lipinski definition) is 3. The van der Waals surface area contributed by atoms with E-state index in [0.29, 0.717) is 6.54 Å². The van der Waals surface area contributed by atoms with Gasteiger partial charge in [-0.3, -0.25) is 14.4 Å². The van der Waals surface area contributed by atoms with Gasteiger partial charge in [0.15, 0.2) is 0 Å². The van der Waals surface area contributed by atoms with Gasteiger partial charge in [0.2, 0.25) is 5.91 Å². The molecule has 0 saturated heterocycles. The summed E-state index contributed by atoms with van der Waals surface area (Å²) in [4.78, 5) is 15.6. The Kier molecular flexibility index (Phi) is 4.52. The van der Waals surface area contributed by atoms with Crippen molar-refractivity contribution in [3.05, 3.63) is 24.0 Å². The van der Waals surface area contributed by atoms with Gasteiger partial charge in [-0.25, -0.2) is 0 Å². The number of aromatic nitrogens is 2. The van der Waals surface area contributed by atoms with Crippen molar-refractivity contribution in [3.63, 3.8) is 0 Å². The highest BCUT2D eigenvalue weighted by Crippen LogP contribution is 2.23. The van der Waals surface area contributed by atoms with Crippen LogP contribution in [0, 0.1) is 0 Å². The van der Waals surface area contributed by atoms with E-state index in [2.05, 4.69) is 43.0 Å². The summed E-state index contributed by atoms with van der Waals surface area (Å²) in [5.74, 6) is 0.160. The topological polar surface area (TPSA) is 41.4 Å². The minimum Gasteiger partial charge on any atom is -0.348 e. The molecule has 1 aliphatic heterocycles. The molecule has 1 aromatic rings. The molecule has 2 heterocycles. The first-order valence-corrected chi connectivity index (χ1v) is 7.44. The maximum atomic E-state index is 11.7. The van der Waals surface area contributed by atoms with Crippen LogP contribution in [0.5, 0.6) is 0 Å². The third-order valence-electron chi connectivity index (χ3n) is 3.79. The second-order valence-corrected chi connectivity index (χ2v) is 6.85. The Morgan fingerprint density at radius 3 is 2.57 bits per heavy atom. The van der Waals surface area contributed by atoms with Crippen molar-refractivity contribution in [3.8, 4) is 0 Å². The minimum absolute atomic E-state index is 0.0115. The van der Waals surface area contributed by atoms with E-state index in [1.165, 1.54) is 11.1 Å². The SMILES string of the molecule is CN(C)C(=O)CN1CC=C(c2cnn(C(C)(C)C)c2)CC1. The largest absolute Gasteiger partial charge is 0.348 e. The highest BCUT2D eigenvalue weighted by Gasteiger charge is 2.19. The number of nitrogens with zero attached hydrogens (tertiary/aromatic N) is 4. The fourth-order valence-corrected chi connectivity index (χ4v) is 2.31. The van der Waals surface area contributed by atoms with Crippen LogP contribution in [0.3, 0.4) is 0 Å². The van der Waals surface area contributed by atoms with Crippen LogP contribution in [0.25, 0.3) is 5.57 Å². The van der Waals surface area contributed by atoms with Gasteiger partial charge in [-0.15, -0.1) is 0 Å². The Balaban J connectivity index is 2.00. The van der Waals surface area contributed by atoms with Crippen molar-refractivity contribution < 1.29 is 4.79 Å². The molecule has 0 saturated carbocycles. The standard InChI is InChI=1S/C16H26N4O/c1-16(2,3)20-11-14(10-17-20)13-6-8-19(9-7-13)12-15(21)18(4)5/h6,10-11H,7-9,12H2,1-5H3. The van der Waals surface area contributed by atoms with Crippen molar-refractivity contribution in [1.82, 2.24) is 19.6 Å². The molecule has 5 nitrogen and oxygen atoms in total. The van der Waals surface area contributed by atoms with E-state index in [4.69, 9.17) is 0 Å². The lowest BCUT2D eigenvalue weighted by Crippen LogP contribution is -2.38. The summed E-state index contributed by atoms with van der Waals surface area (Å²) in [6.07, 6.45) is 7.25. The Morgan fingerprint density at radius 2 is 2.10 bits per heavy atom. The van der Waals surface area contributed by atoms with E-state index in [1.807, 2.05) is 10.9 Å². The smallest absolute Gasteiger partial charge is 0.236 e. The quantitative estimate of drug-likeness (QED) is 0.852. The zero-order valence-corrected chi connectivity index (χ0v) is 13.8. The van der Waals surface area contributed by atoms with Crippen LogP contribution in [-0.2, 0) is 10.3 Å². The number of hydrogen-bond donors (Lipinski definition) is 0. The van der Waals surface area contributed by atoms with Crippen LogP contribution in [0.15, 0.2) is 18.5 Å². The average molecular weight is 290 g/mol. The fraction of sp³-hybridized carbons (Fsp3) is 0.625. The molecular formula is C16H26N4O. The molecule has 2 rings (SSSR count). The molecule has 5 heteroatoms. The lowest BCUT2D eigenvalue weighted by atomic mass is 10.0. The average Bonchev–Trinajstić information content (AvgIpc) is 2.89. The summed E-state index contributed by atoms with van der Waals surface area (Å²) in [5.41, 5.74) is 2.54. The number of likely N-dealkylation sites (N-methyl/N-ethyl adjacent to an activating group) is 1. The number of carbonyl (C=O) groups excluding carboxylic acids is 1. The molecular weight excluding hydrogens is 264 g/mol. The van der Waals surface area contributed by atoms with Crippen molar-refractivity contribution in [2.45, 2.75) is 32.7 Å². The van der Waals surface area contributed by atoms with E-state index in [1.54, 1.807) is 19.0 Å². The molecule has 0 spiro atoms. The summed E-state index contributed by atoms with van der Waals surface area (Å²) in [5, 5.41) is 4.45. The summed E-state index contributed by atoms with van der Waals surface area (Å²) >= 11 is 0. The van der Waals surface area contributed by atoms with Gasteiger partial charge < -0.3 is 4.90 Å². The highest BCUT2D eigenvalue weighted by molar-refractivity contribution is 5.78. The van der Waals surface area contributed by atoms with Gasteiger partial charge in [-0.05, 0) is 32.8 Å². The van der Waals surface area contributed by atoms with Gasteiger partial charge in [-0.1, -0.05) is 6.08 Å². The van der Waals surface area contributed by atoms with Gasteiger partial charge >= 0.3 is 0 Å². The van der Waals surface area contributed by atoms with Crippen LogP contribution in [0.1, 0.15) is 32.8 Å². The maximum absolute atomic E-state index is 11.7. The van der Waals surface area contributed by atoms with Crippen LogP contribution < -0.4 is 0 Å². The molecule has 0 fully saturated rings. The predicted molar refractivity (Wildman–Crippen MR) is 85.0 cm³/mol. The van der Waals surface area contributed by atoms with E-state index in [0.717, 1.165) is 19.5 Å². The Labute approximate surface area is 127 Å². The van der Waals surface area contributed by atoms with Crippen LogP contribution in [0.2, 0.25) is 0 Å². The molecule has 116 valence electrons. The Bertz CT molecular complexity index is 537. The van der Waals surface area contributed by atoms with E-state index >= 15 is 0 Å². The molecule has 0 unspecified atom stereocenters. The molecule has 0 bridgehead atoms. The zero-order valence-electron chi connectivity index (χ0n) is 13.8. The van der Waals surface area contributed by atoms with E-state index in [-0.39, 0.29) is 11.4 Å².